The van der Waals surface area contributed by atoms with Gasteiger partial charge in [-0.3, -0.25) is 10.0 Å². The maximum atomic E-state index is 12.2. The highest BCUT2D eigenvalue weighted by Gasteiger charge is 2.43. The summed E-state index contributed by atoms with van der Waals surface area (Å²) in [5.74, 6) is 6.28. The van der Waals surface area contributed by atoms with Crippen molar-refractivity contribution < 1.29 is 23.5 Å². The van der Waals surface area contributed by atoms with E-state index in [-0.39, 0.29) is 19.6 Å². The fourth-order valence-corrected chi connectivity index (χ4v) is 5.05. The lowest BCUT2D eigenvalue weighted by molar-refractivity contribution is -0.131. The average molecular weight is 481 g/mol. The first-order valence-corrected chi connectivity index (χ1v) is 13.0. The molecule has 0 saturated heterocycles. The van der Waals surface area contributed by atoms with E-state index in [1.807, 2.05) is 47.2 Å². The van der Waals surface area contributed by atoms with Crippen molar-refractivity contribution in [2.75, 3.05) is 12.9 Å². The largest absolute Gasteiger partial charge is 0.396 e. The van der Waals surface area contributed by atoms with Crippen molar-refractivity contribution in [3.63, 3.8) is 0 Å². The van der Waals surface area contributed by atoms with Crippen LogP contribution in [-0.4, -0.2) is 46.8 Å². The Morgan fingerprint density at radius 3 is 2.44 bits per heavy atom. The van der Waals surface area contributed by atoms with Crippen LogP contribution < -0.4 is 5.48 Å². The predicted molar refractivity (Wildman–Crippen MR) is 130 cm³/mol. The van der Waals surface area contributed by atoms with Crippen LogP contribution in [0.2, 0.25) is 0 Å². The number of hydrogen-bond donors (Lipinski definition) is 3. The molecule has 2 aromatic carbocycles. The van der Waals surface area contributed by atoms with Crippen molar-refractivity contribution >= 4 is 26.6 Å². The van der Waals surface area contributed by atoms with Crippen molar-refractivity contribution in [2.24, 2.45) is 5.92 Å². The highest BCUT2D eigenvalue weighted by atomic mass is 32.2. The van der Waals surface area contributed by atoms with Crippen molar-refractivity contribution in [1.82, 2.24) is 10.0 Å². The van der Waals surface area contributed by atoms with Crippen molar-refractivity contribution in [1.29, 1.82) is 0 Å². The number of aliphatic hydroxyl groups is 1. The number of nitrogens with zero attached hydrogens (tertiary/aromatic N) is 1. The molecule has 7 nitrogen and oxygen atoms in total. The molecule has 8 heteroatoms. The van der Waals surface area contributed by atoms with Gasteiger partial charge in [-0.2, -0.15) is 0 Å². The molecule has 0 aliphatic heterocycles. The minimum Gasteiger partial charge on any atom is -0.396 e. The number of aromatic nitrogens is 1. The second-order valence-corrected chi connectivity index (χ2v) is 11.6. The topological polar surface area (TPSA) is 109 Å². The van der Waals surface area contributed by atoms with E-state index in [4.69, 9.17) is 5.21 Å². The standard InChI is InChI=1S/C26H28N2O5S/c1-26(25(30)27-31,34(2,32)33)12-14-28-13-11-21-15-19(7-10-24(21)28)4-3-18-5-8-20(9-6-18)23-16-22(23)17-29/h5-11,13,15,22-23,29,31H,12,14,16-17H2,1-2H3,(H,27,30)/t22-,23-,26?/m1/s1. The van der Waals surface area contributed by atoms with Gasteiger partial charge in [-0.25, -0.2) is 13.9 Å². The number of carbonyl (C=O) groups excluding carboxylic acids is 1. The maximum Gasteiger partial charge on any atom is 0.264 e. The smallest absolute Gasteiger partial charge is 0.264 e. The lowest BCUT2D eigenvalue weighted by Gasteiger charge is -2.25. The van der Waals surface area contributed by atoms with Crippen LogP contribution in [0.15, 0.2) is 54.7 Å². The Morgan fingerprint density at radius 2 is 1.82 bits per heavy atom. The summed E-state index contributed by atoms with van der Waals surface area (Å²) < 4.78 is 24.5. The molecule has 0 bridgehead atoms. The summed E-state index contributed by atoms with van der Waals surface area (Å²) in [5.41, 5.74) is 5.40. The average Bonchev–Trinajstić information content (AvgIpc) is 3.51. The number of sulfone groups is 1. The number of hydrogen-bond acceptors (Lipinski definition) is 5. The zero-order valence-electron chi connectivity index (χ0n) is 19.2. The molecule has 0 radical (unpaired) electrons. The Hall–Kier alpha value is -3.12. The van der Waals surface area contributed by atoms with Gasteiger partial charge < -0.3 is 9.67 Å². The Labute approximate surface area is 199 Å². The molecule has 4 rings (SSSR count). The van der Waals surface area contributed by atoms with Gasteiger partial charge in [0.1, 0.15) is 0 Å². The minimum absolute atomic E-state index is 0.0134. The van der Waals surface area contributed by atoms with E-state index in [0.717, 1.165) is 34.7 Å². The van der Waals surface area contributed by atoms with Crippen LogP contribution >= 0.6 is 0 Å². The number of benzene rings is 2. The molecule has 1 amide bonds. The van der Waals surface area contributed by atoms with Gasteiger partial charge in [-0.05, 0) is 73.6 Å². The maximum absolute atomic E-state index is 12.2. The van der Waals surface area contributed by atoms with E-state index < -0.39 is 20.5 Å². The number of rotatable bonds is 7. The van der Waals surface area contributed by atoms with E-state index >= 15 is 0 Å². The zero-order valence-corrected chi connectivity index (χ0v) is 20.0. The van der Waals surface area contributed by atoms with E-state index in [9.17, 15) is 18.3 Å². The quantitative estimate of drug-likeness (QED) is 0.274. The first-order valence-electron chi connectivity index (χ1n) is 11.1. The number of carbonyl (C=O) groups is 1. The van der Waals surface area contributed by atoms with E-state index in [2.05, 4.69) is 24.0 Å². The van der Waals surface area contributed by atoms with Crippen LogP contribution in [0.3, 0.4) is 0 Å². The fraction of sp³-hybridized carbons (Fsp3) is 0.346. The summed E-state index contributed by atoms with van der Waals surface area (Å²) in [7, 11) is -3.75. The molecule has 1 unspecified atom stereocenters. The molecule has 1 aliphatic rings. The third kappa shape index (κ3) is 4.73. The molecule has 1 saturated carbocycles. The van der Waals surface area contributed by atoms with Gasteiger partial charge >= 0.3 is 0 Å². The van der Waals surface area contributed by atoms with Gasteiger partial charge in [0.05, 0.1) is 0 Å². The van der Waals surface area contributed by atoms with Gasteiger partial charge in [-0.1, -0.05) is 24.0 Å². The molecule has 1 heterocycles. The molecule has 178 valence electrons. The Bertz CT molecular complexity index is 1380. The number of amides is 1. The Kier molecular flexibility index (Phi) is 6.54. The molecular formula is C26H28N2O5S. The number of fused-ring (bicyclic) bond motifs is 1. The van der Waals surface area contributed by atoms with Gasteiger partial charge in [0, 0.05) is 47.6 Å². The number of hydroxylamine groups is 1. The molecule has 3 aromatic rings. The summed E-state index contributed by atoms with van der Waals surface area (Å²) in [6.07, 6.45) is 3.90. The van der Waals surface area contributed by atoms with E-state index in [1.54, 1.807) is 0 Å². The van der Waals surface area contributed by atoms with Gasteiger partial charge in [0.15, 0.2) is 14.6 Å². The first kappa shape index (κ1) is 24.0. The SMILES string of the molecule is CC(CCn1ccc2cc(C#Cc3ccc([C@H]4C[C@@H]4CO)cc3)ccc21)(C(=O)NO)S(C)(=O)=O. The third-order valence-corrected chi connectivity index (χ3v) is 8.87. The number of aliphatic hydroxyl groups excluding tert-OH is 1. The highest BCUT2D eigenvalue weighted by Crippen LogP contribution is 2.46. The van der Waals surface area contributed by atoms with Crippen LogP contribution in [0.1, 0.15) is 42.4 Å². The second kappa shape index (κ2) is 9.26. The van der Waals surface area contributed by atoms with Crippen LogP contribution in [0.5, 0.6) is 0 Å². The second-order valence-electron chi connectivity index (χ2n) is 9.13. The van der Waals surface area contributed by atoms with Crippen LogP contribution in [0.25, 0.3) is 10.9 Å². The monoisotopic (exact) mass is 480 g/mol. The highest BCUT2D eigenvalue weighted by molar-refractivity contribution is 7.92. The molecular weight excluding hydrogens is 452 g/mol. The predicted octanol–water partition coefficient (Wildman–Crippen LogP) is 2.84. The van der Waals surface area contributed by atoms with E-state index in [0.29, 0.717) is 11.8 Å². The first-order chi connectivity index (χ1) is 16.2. The van der Waals surface area contributed by atoms with Gasteiger partial charge in [0.2, 0.25) is 0 Å². The summed E-state index contributed by atoms with van der Waals surface area (Å²) in [6, 6.07) is 15.9. The van der Waals surface area contributed by atoms with Crippen molar-refractivity contribution in [3.05, 3.63) is 71.4 Å². The van der Waals surface area contributed by atoms with Crippen molar-refractivity contribution in [3.8, 4) is 11.8 Å². The van der Waals surface area contributed by atoms with Crippen molar-refractivity contribution in [2.45, 2.75) is 37.0 Å². The lowest BCUT2D eigenvalue weighted by Crippen LogP contribution is -2.49. The summed E-state index contributed by atoms with van der Waals surface area (Å²) in [5, 5.41) is 19.2. The summed E-state index contributed by atoms with van der Waals surface area (Å²) in [6.45, 7) is 1.84. The number of nitrogens with one attached hydrogen (secondary N) is 1. The molecule has 34 heavy (non-hydrogen) atoms. The Balaban J connectivity index is 1.48. The third-order valence-electron chi connectivity index (χ3n) is 6.85. The molecule has 3 atom stereocenters. The zero-order chi connectivity index (χ0) is 24.5. The van der Waals surface area contributed by atoms with Gasteiger partial charge in [0.25, 0.3) is 5.91 Å². The summed E-state index contributed by atoms with van der Waals surface area (Å²) in [4.78, 5) is 12.0. The molecule has 1 aromatic heterocycles. The molecule has 0 spiro atoms. The van der Waals surface area contributed by atoms with Crippen LogP contribution in [0, 0.1) is 17.8 Å². The molecule has 1 fully saturated rings. The molecule has 1 aliphatic carbocycles. The van der Waals surface area contributed by atoms with Crippen LogP contribution in [0.4, 0.5) is 0 Å². The fourth-order valence-electron chi connectivity index (χ4n) is 4.21. The van der Waals surface area contributed by atoms with Crippen LogP contribution in [-0.2, 0) is 21.2 Å². The summed E-state index contributed by atoms with van der Waals surface area (Å²) >= 11 is 0. The lowest BCUT2D eigenvalue weighted by atomic mass is 10.1. The number of aryl methyl sites for hydroxylation is 1. The normalized spacial score (nSPS) is 19.2. The van der Waals surface area contributed by atoms with E-state index in [1.165, 1.54) is 18.0 Å². The van der Waals surface area contributed by atoms with Gasteiger partial charge in [-0.15, -0.1) is 0 Å². The Morgan fingerprint density at radius 1 is 1.15 bits per heavy atom. The minimum atomic E-state index is -3.75. The molecule has 3 N–H and O–H groups in total.